The predicted octanol–water partition coefficient (Wildman–Crippen LogP) is 2.58. The maximum Gasteiger partial charge on any atom is 0.255 e. The Labute approximate surface area is 169 Å². The lowest BCUT2D eigenvalue weighted by molar-refractivity contribution is -0.124. The van der Waals surface area contributed by atoms with Crippen molar-refractivity contribution in [3.05, 3.63) is 59.7 Å². The van der Waals surface area contributed by atoms with Gasteiger partial charge in [0, 0.05) is 17.9 Å². The Hall–Kier alpha value is -2.67. The van der Waals surface area contributed by atoms with E-state index in [-0.39, 0.29) is 11.8 Å². The maximum absolute atomic E-state index is 12.7. The molecular formula is C21H24N2O4S. The number of nitrogens with one attached hydrogen (secondary N) is 1. The van der Waals surface area contributed by atoms with Crippen molar-refractivity contribution in [2.75, 3.05) is 32.4 Å². The van der Waals surface area contributed by atoms with E-state index in [1.807, 2.05) is 36.4 Å². The zero-order chi connectivity index (χ0) is 19.9. The smallest absolute Gasteiger partial charge is 0.255 e. The number of nitrogens with zero attached hydrogens (tertiary/aromatic N) is 1. The van der Waals surface area contributed by atoms with Crippen LogP contribution in [0.3, 0.4) is 0 Å². The molecule has 1 aliphatic heterocycles. The minimum absolute atomic E-state index is 0.106. The number of thioether (sulfide) groups is 1. The van der Waals surface area contributed by atoms with Gasteiger partial charge in [-0.2, -0.15) is 0 Å². The first-order valence-corrected chi connectivity index (χ1v) is 10.2. The van der Waals surface area contributed by atoms with Gasteiger partial charge in [0.1, 0.15) is 6.04 Å². The highest BCUT2D eigenvalue weighted by Crippen LogP contribution is 2.27. The van der Waals surface area contributed by atoms with E-state index in [1.165, 1.54) is 0 Å². The summed E-state index contributed by atoms with van der Waals surface area (Å²) in [7, 11) is 3.19. The number of carbonyl (C=O) groups is 2. The second-order valence-corrected chi connectivity index (χ2v) is 7.39. The number of ether oxygens (including phenoxy) is 2. The molecule has 1 heterocycles. The molecule has 7 heteroatoms. The first-order valence-electron chi connectivity index (χ1n) is 9.06. The van der Waals surface area contributed by atoms with Gasteiger partial charge >= 0.3 is 0 Å². The van der Waals surface area contributed by atoms with Crippen molar-refractivity contribution in [1.29, 1.82) is 0 Å². The Kier molecular flexibility index (Phi) is 6.81. The summed E-state index contributed by atoms with van der Waals surface area (Å²) in [6, 6.07) is 14.3. The average molecular weight is 401 g/mol. The molecule has 148 valence electrons. The molecule has 1 saturated heterocycles. The SMILES string of the molecule is COc1ccc(CCNC(=O)[C@@H]2CSCN2C(=O)c2ccccc2)cc1OC. The molecule has 0 radical (unpaired) electrons. The van der Waals surface area contributed by atoms with Gasteiger partial charge in [0.2, 0.25) is 5.91 Å². The van der Waals surface area contributed by atoms with Gasteiger partial charge in [-0.1, -0.05) is 24.3 Å². The molecule has 1 aliphatic rings. The van der Waals surface area contributed by atoms with Gasteiger partial charge < -0.3 is 19.7 Å². The molecule has 0 unspecified atom stereocenters. The quantitative estimate of drug-likeness (QED) is 0.774. The van der Waals surface area contributed by atoms with Gasteiger partial charge in [-0.25, -0.2) is 0 Å². The monoisotopic (exact) mass is 400 g/mol. The lowest BCUT2D eigenvalue weighted by Gasteiger charge is -2.23. The average Bonchev–Trinajstić information content (AvgIpc) is 3.23. The molecule has 0 aliphatic carbocycles. The van der Waals surface area contributed by atoms with Crippen LogP contribution in [0.2, 0.25) is 0 Å². The van der Waals surface area contributed by atoms with Gasteiger partial charge in [-0.3, -0.25) is 9.59 Å². The molecule has 2 amide bonds. The Morgan fingerprint density at radius 3 is 2.57 bits per heavy atom. The highest BCUT2D eigenvalue weighted by Gasteiger charge is 2.34. The Bertz CT molecular complexity index is 828. The normalized spacial score (nSPS) is 15.9. The summed E-state index contributed by atoms with van der Waals surface area (Å²) < 4.78 is 10.5. The molecule has 2 aromatic carbocycles. The van der Waals surface area contributed by atoms with Gasteiger partial charge in [-0.15, -0.1) is 11.8 Å². The van der Waals surface area contributed by atoms with Crippen LogP contribution in [0.1, 0.15) is 15.9 Å². The maximum atomic E-state index is 12.7. The molecule has 0 aromatic heterocycles. The minimum Gasteiger partial charge on any atom is -0.493 e. The van der Waals surface area contributed by atoms with E-state index in [4.69, 9.17) is 9.47 Å². The van der Waals surface area contributed by atoms with Crippen LogP contribution in [-0.4, -0.2) is 55.2 Å². The predicted molar refractivity (Wildman–Crippen MR) is 110 cm³/mol. The van der Waals surface area contributed by atoms with Gasteiger partial charge in [-0.05, 0) is 36.2 Å². The summed E-state index contributed by atoms with van der Waals surface area (Å²) in [5.74, 6) is 2.26. The van der Waals surface area contributed by atoms with Crippen LogP contribution < -0.4 is 14.8 Å². The van der Waals surface area contributed by atoms with E-state index < -0.39 is 6.04 Å². The van der Waals surface area contributed by atoms with Crippen LogP contribution in [0.15, 0.2) is 48.5 Å². The molecule has 2 aromatic rings. The van der Waals surface area contributed by atoms with Crippen molar-refractivity contribution >= 4 is 23.6 Å². The van der Waals surface area contributed by atoms with Crippen LogP contribution >= 0.6 is 11.8 Å². The summed E-state index contributed by atoms with van der Waals surface area (Å²) in [6.07, 6.45) is 0.665. The van der Waals surface area contributed by atoms with E-state index in [9.17, 15) is 9.59 Å². The Morgan fingerprint density at radius 1 is 1.11 bits per heavy atom. The fourth-order valence-corrected chi connectivity index (χ4v) is 4.24. The Morgan fingerprint density at radius 2 is 1.86 bits per heavy atom. The largest absolute Gasteiger partial charge is 0.493 e. The number of hydrogen-bond acceptors (Lipinski definition) is 5. The molecule has 0 spiro atoms. The van der Waals surface area contributed by atoms with Gasteiger partial charge in [0.15, 0.2) is 11.5 Å². The van der Waals surface area contributed by atoms with Crippen molar-refractivity contribution < 1.29 is 19.1 Å². The summed E-state index contributed by atoms with van der Waals surface area (Å²) in [5.41, 5.74) is 1.64. The zero-order valence-electron chi connectivity index (χ0n) is 16.0. The summed E-state index contributed by atoms with van der Waals surface area (Å²) in [5, 5.41) is 2.96. The molecule has 1 fully saturated rings. The fourth-order valence-electron chi connectivity index (χ4n) is 3.09. The first-order chi connectivity index (χ1) is 13.6. The lowest BCUT2D eigenvalue weighted by atomic mass is 10.1. The number of amides is 2. The molecule has 1 N–H and O–H groups in total. The first kappa shape index (κ1) is 20.1. The van der Waals surface area contributed by atoms with Gasteiger partial charge in [0.05, 0.1) is 20.1 Å². The van der Waals surface area contributed by atoms with Crippen LogP contribution in [0.5, 0.6) is 11.5 Å². The van der Waals surface area contributed by atoms with Crippen LogP contribution in [0, 0.1) is 0 Å². The molecule has 1 atom stereocenters. The number of carbonyl (C=O) groups excluding carboxylic acids is 2. The minimum atomic E-state index is -0.442. The lowest BCUT2D eigenvalue weighted by Crippen LogP contribution is -2.47. The molecule has 6 nitrogen and oxygen atoms in total. The molecule has 28 heavy (non-hydrogen) atoms. The van der Waals surface area contributed by atoms with E-state index in [0.717, 1.165) is 5.56 Å². The highest BCUT2D eigenvalue weighted by atomic mass is 32.2. The number of rotatable bonds is 7. The number of hydrogen-bond donors (Lipinski definition) is 1. The Balaban J connectivity index is 1.56. The second-order valence-electron chi connectivity index (χ2n) is 6.39. The van der Waals surface area contributed by atoms with E-state index in [0.29, 0.717) is 41.7 Å². The number of methoxy groups -OCH3 is 2. The van der Waals surface area contributed by atoms with Crippen molar-refractivity contribution in [2.45, 2.75) is 12.5 Å². The van der Waals surface area contributed by atoms with E-state index in [1.54, 1.807) is 43.0 Å². The van der Waals surface area contributed by atoms with Crippen molar-refractivity contribution in [3.8, 4) is 11.5 Å². The second kappa shape index (κ2) is 9.50. The summed E-state index contributed by atoms with van der Waals surface area (Å²) >= 11 is 1.59. The zero-order valence-corrected chi connectivity index (χ0v) is 16.8. The molecule has 0 bridgehead atoms. The third-order valence-electron chi connectivity index (χ3n) is 4.63. The van der Waals surface area contributed by atoms with Crippen molar-refractivity contribution in [1.82, 2.24) is 10.2 Å². The third kappa shape index (κ3) is 4.59. The third-order valence-corrected chi connectivity index (χ3v) is 5.64. The van der Waals surface area contributed by atoms with Gasteiger partial charge in [0.25, 0.3) is 5.91 Å². The van der Waals surface area contributed by atoms with Crippen molar-refractivity contribution in [3.63, 3.8) is 0 Å². The van der Waals surface area contributed by atoms with E-state index in [2.05, 4.69) is 5.32 Å². The molecular weight excluding hydrogens is 376 g/mol. The summed E-state index contributed by atoms with van der Waals surface area (Å²) in [4.78, 5) is 27.0. The highest BCUT2D eigenvalue weighted by molar-refractivity contribution is 7.99. The molecule has 0 saturated carbocycles. The van der Waals surface area contributed by atoms with Crippen LogP contribution in [-0.2, 0) is 11.2 Å². The van der Waals surface area contributed by atoms with Crippen molar-refractivity contribution in [2.24, 2.45) is 0 Å². The van der Waals surface area contributed by atoms with E-state index >= 15 is 0 Å². The number of benzene rings is 2. The fraction of sp³-hybridized carbons (Fsp3) is 0.333. The topological polar surface area (TPSA) is 67.9 Å². The standard InChI is InChI=1S/C21H24N2O4S/c1-26-18-9-8-15(12-19(18)27-2)10-11-22-20(24)17-13-28-14-23(17)21(25)16-6-4-3-5-7-16/h3-9,12,17H,10-11,13-14H2,1-2H3,(H,22,24)/t17-/m0/s1. The summed E-state index contributed by atoms with van der Waals surface area (Å²) in [6.45, 7) is 0.489. The van der Waals surface area contributed by atoms with Crippen LogP contribution in [0.4, 0.5) is 0 Å². The van der Waals surface area contributed by atoms with Crippen LogP contribution in [0.25, 0.3) is 0 Å². The molecule has 3 rings (SSSR count).